The van der Waals surface area contributed by atoms with E-state index in [-0.39, 0.29) is 11.8 Å². The van der Waals surface area contributed by atoms with Crippen LogP contribution in [-0.4, -0.2) is 40.4 Å². The molecule has 8 nitrogen and oxygen atoms in total. The monoisotopic (exact) mass is 373 g/mol. The fraction of sp³-hybridized carbons (Fsp3) is 0.474. The Hall–Kier alpha value is -2.74. The minimum absolute atomic E-state index is 0.259. The number of imide groups is 2. The molecular weight excluding hydrogens is 350 g/mol. The lowest BCUT2D eigenvalue weighted by atomic mass is 10.0. The molecule has 3 rings (SSSR count). The third kappa shape index (κ3) is 4.33. The maximum atomic E-state index is 12.5. The molecule has 1 saturated heterocycles. The number of rotatable bonds is 2. The first-order valence-electron chi connectivity index (χ1n) is 8.87. The molecule has 1 unspecified atom stereocenters. The van der Waals surface area contributed by atoms with Gasteiger partial charge in [0.25, 0.3) is 5.91 Å². The second-order valence-electron chi connectivity index (χ2n) is 7.77. The van der Waals surface area contributed by atoms with Crippen molar-refractivity contribution in [3.05, 3.63) is 34.9 Å². The normalized spacial score (nSPS) is 20.0. The summed E-state index contributed by atoms with van der Waals surface area (Å²) in [5.74, 6) is -1.10. The Morgan fingerprint density at radius 1 is 1.22 bits per heavy atom. The molecule has 0 aliphatic carbocycles. The van der Waals surface area contributed by atoms with E-state index in [1.807, 2.05) is 11.0 Å². The van der Waals surface area contributed by atoms with Crippen molar-refractivity contribution >= 4 is 23.8 Å². The smallest absolute Gasteiger partial charge is 0.414 e. The van der Waals surface area contributed by atoms with Crippen LogP contribution >= 0.6 is 0 Å². The fourth-order valence-corrected chi connectivity index (χ4v) is 3.37. The average molecular weight is 373 g/mol. The van der Waals surface area contributed by atoms with Crippen LogP contribution in [-0.2, 0) is 27.4 Å². The van der Waals surface area contributed by atoms with Gasteiger partial charge in [-0.1, -0.05) is 12.1 Å². The number of carbonyl (C=O) groups excluding carboxylic acids is 4. The highest BCUT2D eigenvalue weighted by Crippen LogP contribution is 2.29. The zero-order valence-corrected chi connectivity index (χ0v) is 15.6. The topological polar surface area (TPSA) is 105 Å². The van der Waals surface area contributed by atoms with E-state index in [0.29, 0.717) is 31.5 Å². The summed E-state index contributed by atoms with van der Waals surface area (Å²) >= 11 is 0. The molecule has 2 aliphatic rings. The zero-order chi connectivity index (χ0) is 19.8. The van der Waals surface area contributed by atoms with Crippen molar-refractivity contribution in [2.45, 2.75) is 58.3 Å². The first-order valence-corrected chi connectivity index (χ1v) is 8.87. The molecule has 2 aliphatic heterocycles. The van der Waals surface area contributed by atoms with Crippen LogP contribution in [0, 0.1) is 0 Å². The van der Waals surface area contributed by atoms with E-state index in [4.69, 9.17) is 4.74 Å². The summed E-state index contributed by atoms with van der Waals surface area (Å²) in [7, 11) is 0. The van der Waals surface area contributed by atoms with Gasteiger partial charge in [-0.2, -0.15) is 0 Å². The van der Waals surface area contributed by atoms with Gasteiger partial charge in [0.2, 0.25) is 11.8 Å². The highest BCUT2D eigenvalue weighted by Gasteiger charge is 2.36. The number of nitrogens with one attached hydrogen (secondary N) is 2. The molecule has 144 valence electrons. The van der Waals surface area contributed by atoms with Crippen LogP contribution in [0.2, 0.25) is 0 Å². The van der Waals surface area contributed by atoms with Gasteiger partial charge in [-0.05, 0) is 44.4 Å². The van der Waals surface area contributed by atoms with Crippen molar-refractivity contribution < 1.29 is 23.9 Å². The van der Waals surface area contributed by atoms with E-state index in [1.165, 1.54) is 0 Å². The highest BCUT2D eigenvalue weighted by atomic mass is 16.6. The standard InChI is InChI=1S/C19H23N3O5/c1-19(2,3)27-18(26)21-16(24)12-6-4-5-11-9-22(10-13(11)12)14-7-8-15(23)20-17(14)25/h4-6,14H,7-10H2,1-3H3,(H,20,23,25)(H,21,24,26). The van der Waals surface area contributed by atoms with Crippen molar-refractivity contribution in [3.8, 4) is 0 Å². The largest absolute Gasteiger partial charge is 0.444 e. The van der Waals surface area contributed by atoms with Gasteiger partial charge in [0.15, 0.2) is 0 Å². The van der Waals surface area contributed by atoms with Gasteiger partial charge in [-0.25, -0.2) is 4.79 Å². The molecule has 1 atom stereocenters. The molecule has 0 saturated carbocycles. The molecule has 1 fully saturated rings. The lowest BCUT2D eigenvalue weighted by Crippen LogP contribution is -2.50. The van der Waals surface area contributed by atoms with E-state index in [0.717, 1.165) is 11.1 Å². The molecule has 0 bridgehead atoms. The summed E-state index contributed by atoms with van der Waals surface area (Å²) in [6, 6.07) is 4.88. The zero-order valence-electron chi connectivity index (χ0n) is 15.6. The second-order valence-corrected chi connectivity index (χ2v) is 7.77. The van der Waals surface area contributed by atoms with Crippen LogP contribution in [0.3, 0.4) is 0 Å². The Balaban J connectivity index is 1.73. The molecule has 0 spiro atoms. The van der Waals surface area contributed by atoms with Crippen molar-refractivity contribution in [2.75, 3.05) is 0 Å². The molecule has 27 heavy (non-hydrogen) atoms. The Labute approximate surface area is 157 Å². The summed E-state index contributed by atoms with van der Waals surface area (Å²) < 4.78 is 5.12. The summed E-state index contributed by atoms with van der Waals surface area (Å²) in [6.45, 7) is 6.06. The SMILES string of the molecule is CC(C)(C)OC(=O)NC(=O)c1cccc2c1CN(C1CCC(=O)NC1=O)C2. The Morgan fingerprint density at radius 2 is 1.96 bits per heavy atom. The van der Waals surface area contributed by atoms with Crippen molar-refractivity contribution in [1.29, 1.82) is 0 Å². The molecule has 2 heterocycles. The van der Waals surface area contributed by atoms with Gasteiger partial charge in [-0.3, -0.25) is 29.9 Å². The van der Waals surface area contributed by atoms with Crippen molar-refractivity contribution in [1.82, 2.24) is 15.5 Å². The molecular formula is C19H23N3O5. The second kappa shape index (κ2) is 7.11. The summed E-state index contributed by atoms with van der Waals surface area (Å²) in [5.41, 5.74) is 1.39. The molecule has 2 N–H and O–H groups in total. The number of fused-ring (bicyclic) bond motifs is 1. The van der Waals surface area contributed by atoms with Gasteiger partial charge in [-0.15, -0.1) is 0 Å². The first-order chi connectivity index (χ1) is 12.6. The third-order valence-electron chi connectivity index (χ3n) is 4.52. The Morgan fingerprint density at radius 3 is 2.63 bits per heavy atom. The number of alkyl carbamates (subject to hydrolysis) is 1. The van der Waals surface area contributed by atoms with Gasteiger partial charge in [0.1, 0.15) is 5.60 Å². The van der Waals surface area contributed by atoms with Crippen molar-refractivity contribution in [2.24, 2.45) is 0 Å². The molecule has 1 aromatic rings. The van der Waals surface area contributed by atoms with E-state index in [9.17, 15) is 19.2 Å². The molecule has 0 aromatic heterocycles. The van der Waals surface area contributed by atoms with E-state index in [2.05, 4.69) is 10.6 Å². The van der Waals surface area contributed by atoms with Crippen LogP contribution in [0.4, 0.5) is 4.79 Å². The average Bonchev–Trinajstić information content (AvgIpc) is 2.96. The third-order valence-corrected chi connectivity index (χ3v) is 4.52. The summed E-state index contributed by atoms with van der Waals surface area (Å²) in [6.07, 6.45) is -0.0435. The maximum Gasteiger partial charge on any atom is 0.414 e. The Kier molecular flexibility index (Phi) is 5.01. The quantitative estimate of drug-likeness (QED) is 0.761. The molecule has 4 amide bonds. The maximum absolute atomic E-state index is 12.5. The van der Waals surface area contributed by atoms with Crippen LogP contribution in [0.1, 0.15) is 55.1 Å². The number of carbonyl (C=O) groups is 4. The van der Waals surface area contributed by atoms with E-state index in [1.54, 1.807) is 32.9 Å². The number of nitrogens with zero attached hydrogens (tertiary/aromatic N) is 1. The van der Waals surface area contributed by atoms with E-state index >= 15 is 0 Å². The minimum atomic E-state index is -0.801. The number of benzene rings is 1. The predicted molar refractivity (Wildman–Crippen MR) is 95.6 cm³/mol. The van der Waals surface area contributed by atoms with Gasteiger partial charge >= 0.3 is 6.09 Å². The first kappa shape index (κ1) is 19.0. The summed E-state index contributed by atoms with van der Waals surface area (Å²) in [4.78, 5) is 49.8. The van der Waals surface area contributed by atoms with Crippen LogP contribution < -0.4 is 10.6 Å². The van der Waals surface area contributed by atoms with Gasteiger partial charge in [0, 0.05) is 25.1 Å². The highest BCUT2D eigenvalue weighted by molar-refractivity contribution is 6.04. The molecule has 8 heteroatoms. The number of hydrogen-bond donors (Lipinski definition) is 2. The molecule has 0 radical (unpaired) electrons. The predicted octanol–water partition coefficient (Wildman–Crippen LogP) is 1.47. The van der Waals surface area contributed by atoms with Gasteiger partial charge in [0.05, 0.1) is 6.04 Å². The van der Waals surface area contributed by atoms with Crippen LogP contribution in [0.25, 0.3) is 0 Å². The van der Waals surface area contributed by atoms with Crippen molar-refractivity contribution in [3.63, 3.8) is 0 Å². The minimum Gasteiger partial charge on any atom is -0.444 e. The Bertz CT molecular complexity index is 812. The van der Waals surface area contributed by atoms with E-state index < -0.39 is 23.6 Å². The number of hydrogen-bond acceptors (Lipinski definition) is 6. The summed E-state index contributed by atoms with van der Waals surface area (Å²) in [5, 5.41) is 4.61. The molecule has 1 aromatic carbocycles. The fourth-order valence-electron chi connectivity index (χ4n) is 3.37. The van der Waals surface area contributed by atoms with Crippen LogP contribution in [0.15, 0.2) is 18.2 Å². The number of amides is 4. The lowest BCUT2D eigenvalue weighted by Gasteiger charge is -2.29. The lowest BCUT2D eigenvalue weighted by molar-refractivity contribution is -0.137. The number of piperidine rings is 1. The van der Waals surface area contributed by atoms with Crippen LogP contribution in [0.5, 0.6) is 0 Å². The van der Waals surface area contributed by atoms with Gasteiger partial charge < -0.3 is 4.74 Å². The number of ether oxygens (including phenoxy) is 1.